The van der Waals surface area contributed by atoms with E-state index in [1.165, 1.54) is 0 Å². The first kappa shape index (κ1) is 20.1. The smallest absolute Gasteiger partial charge is 0.337 e. The number of carbonyl (C=O) groups is 2. The van der Waals surface area contributed by atoms with E-state index in [9.17, 15) is 19.8 Å². The Morgan fingerprint density at radius 3 is 2.73 bits per heavy atom. The van der Waals surface area contributed by atoms with Crippen LogP contribution in [0.5, 0.6) is 0 Å². The van der Waals surface area contributed by atoms with E-state index in [1.807, 2.05) is 13.0 Å². The molecule has 1 heterocycles. The van der Waals surface area contributed by atoms with Crippen LogP contribution in [-0.2, 0) is 19.1 Å². The van der Waals surface area contributed by atoms with Crippen molar-refractivity contribution in [3.8, 4) is 0 Å². The third-order valence-corrected chi connectivity index (χ3v) is 5.01. The summed E-state index contributed by atoms with van der Waals surface area (Å²) in [6.45, 7) is 10.4. The van der Waals surface area contributed by atoms with Crippen LogP contribution in [-0.4, -0.2) is 46.1 Å². The predicted molar refractivity (Wildman–Crippen MR) is 96.0 cm³/mol. The number of allylic oxidation sites excluding steroid dienone is 3. The minimum Gasteiger partial charge on any atom is -0.452 e. The number of fused-ring (bicyclic) bond motifs is 1. The lowest BCUT2D eigenvalue weighted by atomic mass is 9.79. The van der Waals surface area contributed by atoms with E-state index >= 15 is 0 Å². The molecule has 0 amide bonds. The Kier molecular flexibility index (Phi) is 5.88. The maximum atomic E-state index is 12.3. The molecule has 2 rings (SSSR count). The topological polar surface area (TPSA) is 93.1 Å². The van der Waals surface area contributed by atoms with Crippen molar-refractivity contribution in [3.63, 3.8) is 0 Å². The fourth-order valence-corrected chi connectivity index (χ4v) is 3.06. The second-order valence-corrected chi connectivity index (χ2v) is 6.87. The summed E-state index contributed by atoms with van der Waals surface area (Å²) < 4.78 is 10.7. The summed E-state index contributed by atoms with van der Waals surface area (Å²) in [5.41, 5.74) is -0.539. The Bertz CT molecular complexity index is 714. The standard InChI is InChI=1S/C20H26O6/c1-6-12(3)18(22)26-17-16(21)13(4)9-7-8-11(2)10-15-20(17,24)14(5)19(23)25-15/h6,9-10,15-17,21,24H,5,7-8H2,1-4H3. The van der Waals surface area contributed by atoms with Crippen LogP contribution in [0.3, 0.4) is 0 Å². The monoisotopic (exact) mass is 362 g/mol. The van der Waals surface area contributed by atoms with Crippen LogP contribution in [0.15, 0.2) is 47.1 Å². The van der Waals surface area contributed by atoms with Crippen LogP contribution in [0.4, 0.5) is 0 Å². The molecular formula is C20H26O6. The van der Waals surface area contributed by atoms with E-state index in [4.69, 9.17) is 9.47 Å². The highest BCUT2D eigenvalue weighted by atomic mass is 16.6. The molecule has 0 saturated carbocycles. The molecule has 4 unspecified atom stereocenters. The van der Waals surface area contributed by atoms with Crippen molar-refractivity contribution in [1.29, 1.82) is 0 Å². The minimum atomic E-state index is -2.06. The molecule has 1 saturated heterocycles. The average molecular weight is 362 g/mol. The van der Waals surface area contributed by atoms with Gasteiger partial charge in [0.25, 0.3) is 0 Å². The third kappa shape index (κ3) is 3.52. The zero-order chi connectivity index (χ0) is 19.6. The van der Waals surface area contributed by atoms with Gasteiger partial charge in [0.2, 0.25) is 0 Å². The third-order valence-electron chi connectivity index (χ3n) is 5.01. The predicted octanol–water partition coefficient (Wildman–Crippen LogP) is 2.12. The Labute approximate surface area is 153 Å². The van der Waals surface area contributed by atoms with E-state index in [1.54, 1.807) is 32.9 Å². The highest BCUT2D eigenvalue weighted by Crippen LogP contribution is 2.40. The van der Waals surface area contributed by atoms with Crippen molar-refractivity contribution < 1.29 is 29.3 Å². The van der Waals surface area contributed by atoms with Crippen molar-refractivity contribution in [2.24, 2.45) is 0 Å². The van der Waals surface area contributed by atoms with Gasteiger partial charge in [0.15, 0.2) is 17.8 Å². The van der Waals surface area contributed by atoms with Crippen LogP contribution in [0, 0.1) is 0 Å². The van der Waals surface area contributed by atoms with Crippen LogP contribution in [0.1, 0.15) is 40.5 Å². The number of rotatable bonds is 2. The van der Waals surface area contributed by atoms with E-state index in [2.05, 4.69) is 6.58 Å². The first-order chi connectivity index (χ1) is 12.1. The van der Waals surface area contributed by atoms with Crippen molar-refractivity contribution in [2.75, 3.05) is 0 Å². The summed E-state index contributed by atoms with van der Waals surface area (Å²) in [4.78, 5) is 24.4. The molecule has 0 aromatic rings. The van der Waals surface area contributed by atoms with Crippen LogP contribution < -0.4 is 0 Å². The summed E-state index contributed by atoms with van der Waals surface area (Å²) in [5, 5.41) is 22.2. The van der Waals surface area contributed by atoms with Gasteiger partial charge in [0, 0.05) is 5.57 Å². The van der Waals surface area contributed by atoms with Gasteiger partial charge in [-0.1, -0.05) is 24.3 Å². The number of carbonyl (C=O) groups excluding carboxylic acids is 2. The quantitative estimate of drug-likeness (QED) is 0.444. The van der Waals surface area contributed by atoms with Gasteiger partial charge in [-0.15, -0.1) is 0 Å². The second-order valence-electron chi connectivity index (χ2n) is 6.87. The highest BCUT2D eigenvalue weighted by Gasteiger charge is 2.59. The molecule has 1 aliphatic carbocycles. The molecule has 2 N–H and O–H groups in total. The number of aliphatic hydroxyl groups is 2. The second kappa shape index (κ2) is 7.60. The molecule has 26 heavy (non-hydrogen) atoms. The Morgan fingerprint density at radius 1 is 1.46 bits per heavy atom. The van der Waals surface area contributed by atoms with Gasteiger partial charge < -0.3 is 19.7 Å². The van der Waals surface area contributed by atoms with Crippen LogP contribution in [0.2, 0.25) is 0 Å². The Balaban J connectivity index is 2.59. The molecule has 0 radical (unpaired) electrons. The molecule has 0 bridgehead atoms. The lowest BCUT2D eigenvalue weighted by Crippen LogP contribution is -2.57. The molecule has 6 heteroatoms. The maximum absolute atomic E-state index is 12.3. The molecule has 1 fully saturated rings. The highest BCUT2D eigenvalue weighted by molar-refractivity contribution is 5.94. The first-order valence-electron chi connectivity index (χ1n) is 8.61. The van der Waals surface area contributed by atoms with Gasteiger partial charge in [-0.3, -0.25) is 0 Å². The van der Waals surface area contributed by atoms with Crippen molar-refractivity contribution >= 4 is 11.9 Å². The number of aliphatic hydroxyl groups excluding tert-OH is 1. The molecule has 142 valence electrons. The zero-order valence-corrected chi connectivity index (χ0v) is 15.6. The van der Waals surface area contributed by atoms with Crippen molar-refractivity contribution in [3.05, 3.63) is 47.1 Å². The van der Waals surface area contributed by atoms with Gasteiger partial charge >= 0.3 is 11.9 Å². The van der Waals surface area contributed by atoms with E-state index in [0.29, 0.717) is 24.0 Å². The number of hydrogen-bond donors (Lipinski definition) is 2. The molecule has 0 spiro atoms. The maximum Gasteiger partial charge on any atom is 0.337 e. The molecule has 0 aromatic heterocycles. The fourth-order valence-electron chi connectivity index (χ4n) is 3.06. The molecule has 1 aliphatic heterocycles. The van der Waals surface area contributed by atoms with Gasteiger partial charge in [0.05, 0.1) is 5.57 Å². The van der Waals surface area contributed by atoms with Gasteiger partial charge in [0.1, 0.15) is 6.10 Å². The average Bonchev–Trinajstić information content (AvgIpc) is 2.81. The Morgan fingerprint density at radius 2 is 2.12 bits per heavy atom. The van der Waals surface area contributed by atoms with E-state index < -0.39 is 35.9 Å². The Hall–Kier alpha value is -2.18. The zero-order valence-electron chi connectivity index (χ0n) is 15.6. The van der Waals surface area contributed by atoms with Gasteiger partial charge in [-0.2, -0.15) is 0 Å². The summed E-state index contributed by atoms with van der Waals surface area (Å²) in [6.07, 6.45) is 2.53. The summed E-state index contributed by atoms with van der Waals surface area (Å²) in [6, 6.07) is 0. The van der Waals surface area contributed by atoms with E-state index in [-0.39, 0.29) is 5.57 Å². The number of ether oxygens (including phenoxy) is 2. The fraction of sp³-hybridized carbons (Fsp3) is 0.500. The first-order valence-corrected chi connectivity index (χ1v) is 8.61. The van der Waals surface area contributed by atoms with Gasteiger partial charge in [-0.05, 0) is 52.2 Å². The molecule has 4 atom stereocenters. The lowest BCUT2D eigenvalue weighted by Gasteiger charge is -2.37. The van der Waals surface area contributed by atoms with Crippen molar-refractivity contribution in [2.45, 2.75) is 64.4 Å². The minimum absolute atomic E-state index is 0.241. The van der Waals surface area contributed by atoms with E-state index in [0.717, 1.165) is 5.57 Å². The lowest BCUT2D eigenvalue weighted by molar-refractivity contribution is -0.173. The summed E-state index contributed by atoms with van der Waals surface area (Å²) in [5.74, 6) is -1.47. The summed E-state index contributed by atoms with van der Waals surface area (Å²) >= 11 is 0. The van der Waals surface area contributed by atoms with Gasteiger partial charge in [-0.25, -0.2) is 9.59 Å². The largest absolute Gasteiger partial charge is 0.452 e. The molecule has 2 aliphatic rings. The van der Waals surface area contributed by atoms with Crippen molar-refractivity contribution in [1.82, 2.24) is 0 Å². The SMILES string of the molecule is C=C1C(=O)OC2C=C(C)CCC=C(C)C(O)C(OC(=O)C(C)=CC)C12O. The molecule has 6 nitrogen and oxygen atoms in total. The molecular weight excluding hydrogens is 336 g/mol. The van der Waals surface area contributed by atoms with Crippen LogP contribution in [0.25, 0.3) is 0 Å². The number of esters is 2. The number of hydrogen-bond acceptors (Lipinski definition) is 6. The normalized spacial score (nSPS) is 33.0. The van der Waals surface area contributed by atoms with Crippen LogP contribution >= 0.6 is 0 Å². The summed E-state index contributed by atoms with van der Waals surface area (Å²) in [7, 11) is 0. The molecule has 0 aromatic carbocycles.